The highest BCUT2D eigenvalue weighted by atomic mass is 16.6. The molecule has 0 bridgehead atoms. The van der Waals surface area contributed by atoms with Crippen molar-refractivity contribution in [3.8, 4) is 0 Å². The van der Waals surface area contributed by atoms with Crippen LogP contribution in [0.15, 0.2) is 18.2 Å². The number of hydrogen-bond donors (Lipinski definition) is 1. The van der Waals surface area contributed by atoms with E-state index in [1.165, 1.54) is 18.9 Å². The third-order valence-electron chi connectivity index (χ3n) is 5.51. The molecule has 0 saturated carbocycles. The Balaban J connectivity index is 2.19. The Morgan fingerprint density at radius 3 is 2.54 bits per heavy atom. The predicted octanol–water partition coefficient (Wildman–Crippen LogP) is 4.14. The first kappa shape index (κ1) is 22.1. The lowest BCUT2D eigenvalue weighted by atomic mass is 9.94. The van der Waals surface area contributed by atoms with Crippen molar-refractivity contribution in [3.05, 3.63) is 33.9 Å². The summed E-state index contributed by atoms with van der Waals surface area (Å²) in [6.07, 6.45) is 3.45. The average Bonchev–Trinajstić information content (AvgIpc) is 2.66. The van der Waals surface area contributed by atoms with Crippen LogP contribution in [-0.2, 0) is 0 Å². The molecule has 1 atom stereocenters. The van der Waals surface area contributed by atoms with Gasteiger partial charge >= 0.3 is 0 Å². The van der Waals surface area contributed by atoms with Crippen LogP contribution in [0.2, 0.25) is 0 Å². The van der Waals surface area contributed by atoms with Gasteiger partial charge in [0.1, 0.15) is 5.69 Å². The summed E-state index contributed by atoms with van der Waals surface area (Å²) < 4.78 is 0. The third-order valence-corrected chi connectivity index (χ3v) is 5.51. The Hall–Kier alpha value is -2.15. The minimum atomic E-state index is -0.413. The molecule has 1 fully saturated rings. The van der Waals surface area contributed by atoms with Crippen molar-refractivity contribution in [1.29, 1.82) is 0 Å². The van der Waals surface area contributed by atoms with Crippen LogP contribution in [-0.4, -0.2) is 58.4 Å². The van der Waals surface area contributed by atoms with E-state index in [1.54, 1.807) is 17.0 Å². The highest BCUT2D eigenvalue weighted by molar-refractivity contribution is 5.95. The van der Waals surface area contributed by atoms with Crippen LogP contribution in [0.4, 0.5) is 11.4 Å². The second-order valence-corrected chi connectivity index (χ2v) is 8.36. The summed E-state index contributed by atoms with van der Waals surface area (Å²) in [7, 11) is 0. The van der Waals surface area contributed by atoms with Crippen LogP contribution >= 0.6 is 0 Å². The number of amides is 1. The molecule has 156 valence electrons. The third kappa shape index (κ3) is 5.22. The maximum Gasteiger partial charge on any atom is 0.293 e. The molecule has 0 aromatic heterocycles. The second-order valence-electron chi connectivity index (χ2n) is 8.36. The van der Waals surface area contributed by atoms with E-state index in [0.29, 0.717) is 36.9 Å². The molecule has 1 saturated heterocycles. The van der Waals surface area contributed by atoms with Crippen molar-refractivity contribution in [1.82, 2.24) is 9.80 Å². The maximum absolute atomic E-state index is 12.5. The van der Waals surface area contributed by atoms with E-state index >= 15 is 0 Å². The molecular formula is C21H34N4O3. The number of benzene rings is 1. The van der Waals surface area contributed by atoms with Crippen LogP contribution in [0.5, 0.6) is 0 Å². The van der Waals surface area contributed by atoms with Gasteiger partial charge in [-0.05, 0) is 66.1 Å². The number of carbonyl (C=O) groups excluding carboxylic acids is 1. The number of piperidine rings is 1. The van der Waals surface area contributed by atoms with E-state index < -0.39 is 4.92 Å². The number of likely N-dealkylation sites (tertiary alicyclic amines) is 1. The average molecular weight is 391 g/mol. The molecule has 1 N–H and O–H groups in total. The molecule has 0 spiro atoms. The molecule has 0 unspecified atom stereocenters. The Bertz CT molecular complexity index is 695. The zero-order valence-electron chi connectivity index (χ0n) is 17.8. The van der Waals surface area contributed by atoms with E-state index in [2.05, 4.69) is 31.0 Å². The Kier molecular flexibility index (Phi) is 7.41. The Morgan fingerprint density at radius 2 is 1.96 bits per heavy atom. The SMILES string of the molecule is CCN(CC)C(=O)c1ccc(NC[C@H]2CCCCN2C(C)(C)C)c([N+](=O)[O-])c1. The molecule has 1 heterocycles. The topological polar surface area (TPSA) is 78.7 Å². The number of nitrogens with zero attached hydrogens (tertiary/aromatic N) is 3. The van der Waals surface area contributed by atoms with E-state index in [1.807, 2.05) is 13.8 Å². The van der Waals surface area contributed by atoms with Crippen LogP contribution < -0.4 is 5.32 Å². The van der Waals surface area contributed by atoms with Crippen molar-refractivity contribution >= 4 is 17.3 Å². The smallest absolute Gasteiger partial charge is 0.293 e. The van der Waals surface area contributed by atoms with E-state index in [4.69, 9.17) is 0 Å². The lowest BCUT2D eigenvalue weighted by Crippen LogP contribution is -2.53. The molecule has 0 radical (unpaired) electrons. The number of nitro benzene ring substituents is 1. The highest BCUT2D eigenvalue weighted by Crippen LogP contribution is 2.29. The lowest BCUT2D eigenvalue weighted by molar-refractivity contribution is -0.384. The number of carbonyl (C=O) groups is 1. The maximum atomic E-state index is 12.5. The van der Waals surface area contributed by atoms with Crippen molar-refractivity contribution < 1.29 is 9.72 Å². The first-order chi connectivity index (χ1) is 13.2. The summed E-state index contributed by atoms with van der Waals surface area (Å²) in [5, 5.41) is 14.9. The van der Waals surface area contributed by atoms with E-state index in [9.17, 15) is 14.9 Å². The first-order valence-corrected chi connectivity index (χ1v) is 10.3. The number of nitrogens with one attached hydrogen (secondary N) is 1. The fraction of sp³-hybridized carbons (Fsp3) is 0.667. The van der Waals surface area contributed by atoms with Gasteiger partial charge in [-0.15, -0.1) is 0 Å². The molecule has 7 nitrogen and oxygen atoms in total. The van der Waals surface area contributed by atoms with Gasteiger partial charge in [0.15, 0.2) is 0 Å². The molecule has 1 aliphatic rings. The van der Waals surface area contributed by atoms with E-state index in [0.717, 1.165) is 13.0 Å². The minimum Gasteiger partial charge on any atom is -0.378 e. The van der Waals surface area contributed by atoms with Gasteiger partial charge in [0, 0.05) is 42.8 Å². The molecule has 1 aromatic carbocycles. The summed E-state index contributed by atoms with van der Waals surface area (Å²) in [6.45, 7) is 13.3. The molecule has 2 rings (SSSR count). The monoisotopic (exact) mass is 390 g/mol. The van der Waals surface area contributed by atoms with Crippen LogP contribution in [0, 0.1) is 10.1 Å². The van der Waals surface area contributed by atoms with Gasteiger partial charge in [0.05, 0.1) is 4.92 Å². The summed E-state index contributed by atoms with van der Waals surface area (Å²) in [6, 6.07) is 5.08. The number of nitro groups is 1. The summed E-state index contributed by atoms with van der Waals surface area (Å²) >= 11 is 0. The molecule has 7 heteroatoms. The fourth-order valence-electron chi connectivity index (χ4n) is 3.98. The zero-order valence-corrected chi connectivity index (χ0v) is 17.8. The van der Waals surface area contributed by atoms with Crippen LogP contribution in [0.25, 0.3) is 0 Å². The number of anilines is 1. The van der Waals surface area contributed by atoms with Gasteiger partial charge in [-0.1, -0.05) is 6.42 Å². The molecule has 1 aromatic rings. The summed E-state index contributed by atoms with van der Waals surface area (Å²) in [4.78, 5) is 27.9. The van der Waals surface area contributed by atoms with Gasteiger partial charge in [-0.3, -0.25) is 19.8 Å². The minimum absolute atomic E-state index is 0.0453. The van der Waals surface area contributed by atoms with Gasteiger partial charge in [0.2, 0.25) is 0 Å². The van der Waals surface area contributed by atoms with Crippen molar-refractivity contribution in [2.24, 2.45) is 0 Å². The quantitative estimate of drug-likeness (QED) is 0.559. The van der Waals surface area contributed by atoms with Gasteiger partial charge < -0.3 is 10.2 Å². The summed E-state index contributed by atoms with van der Waals surface area (Å²) in [5.74, 6) is -0.175. The van der Waals surface area contributed by atoms with Gasteiger partial charge in [-0.2, -0.15) is 0 Å². The highest BCUT2D eigenvalue weighted by Gasteiger charge is 2.31. The molecule has 1 aliphatic heterocycles. The predicted molar refractivity (Wildman–Crippen MR) is 113 cm³/mol. The van der Waals surface area contributed by atoms with Gasteiger partial charge in [0.25, 0.3) is 11.6 Å². The van der Waals surface area contributed by atoms with Crippen LogP contribution in [0.1, 0.15) is 64.2 Å². The second kappa shape index (κ2) is 9.37. The largest absolute Gasteiger partial charge is 0.378 e. The summed E-state index contributed by atoms with van der Waals surface area (Å²) in [5.41, 5.74) is 0.852. The van der Waals surface area contributed by atoms with Crippen molar-refractivity contribution in [3.63, 3.8) is 0 Å². The molecule has 1 amide bonds. The Labute approximate surface area is 168 Å². The van der Waals surface area contributed by atoms with Crippen molar-refractivity contribution in [2.75, 3.05) is 31.5 Å². The zero-order chi connectivity index (χ0) is 20.9. The number of hydrogen-bond acceptors (Lipinski definition) is 5. The van der Waals surface area contributed by atoms with Crippen LogP contribution in [0.3, 0.4) is 0 Å². The standard InChI is InChI=1S/C21H34N4O3/c1-6-23(7-2)20(26)16-11-12-18(19(14-16)25(27)28)22-15-17-10-8-9-13-24(17)21(3,4)5/h11-12,14,17,22H,6-10,13,15H2,1-5H3/t17-/m1/s1. The van der Waals surface area contributed by atoms with E-state index in [-0.39, 0.29) is 17.1 Å². The molecule has 0 aliphatic carbocycles. The molecular weight excluding hydrogens is 356 g/mol. The number of rotatable bonds is 7. The molecule has 28 heavy (non-hydrogen) atoms. The fourth-order valence-corrected chi connectivity index (χ4v) is 3.98. The lowest BCUT2D eigenvalue weighted by Gasteiger charge is -2.44. The van der Waals surface area contributed by atoms with Crippen molar-refractivity contribution in [2.45, 2.75) is 65.5 Å². The normalized spacial score (nSPS) is 18.0. The first-order valence-electron chi connectivity index (χ1n) is 10.3. The van der Waals surface area contributed by atoms with Gasteiger partial charge in [-0.25, -0.2) is 0 Å². The Morgan fingerprint density at radius 1 is 1.29 bits per heavy atom.